The minimum absolute atomic E-state index is 0. The predicted molar refractivity (Wildman–Crippen MR) is 77.2 cm³/mol. The van der Waals surface area contributed by atoms with Gasteiger partial charge in [-0.3, -0.25) is 4.79 Å². The van der Waals surface area contributed by atoms with E-state index in [9.17, 15) is 4.79 Å². The molecular weight excluding hydrogens is 264 g/mol. The maximum Gasteiger partial charge on any atom is 0.222 e. The minimum atomic E-state index is -0.231. The Morgan fingerprint density at radius 1 is 1.32 bits per heavy atom. The number of carbonyl (C=O) groups is 1. The molecule has 1 aromatic carbocycles. The van der Waals surface area contributed by atoms with Crippen molar-refractivity contribution in [3.8, 4) is 0 Å². The highest BCUT2D eigenvalue weighted by atomic mass is 35.5. The van der Waals surface area contributed by atoms with Gasteiger partial charge in [-0.15, -0.1) is 12.4 Å². The molecule has 1 fully saturated rings. The molecule has 1 unspecified atom stereocenters. The first kappa shape index (κ1) is 16.0. The SMILES string of the molecule is Cl.NC(CC(=O)NC1CCOCC1)c1ccccc1. The summed E-state index contributed by atoms with van der Waals surface area (Å²) in [5, 5.41) is 3.02. The maximum absolute atomic E-state index is 11.9. The Balaban J connectivity index is 0.00000180. The number of hydrogen-bond donors (Lipinski definition) is 2. The number of rotatable bonds is 4. The molecule has 0 spiro atoms. The number of amides is 1. The van der Waals surface area contributed by atoms with E-state index in [-0.39, 0.29) is 30.4 Å². The van der Waals surface area contributed by atoms with Crippen LogP contribution in [0.1, 0.15) is 30.9 Å². The first-order valence-electron chi connectivity index (χ1n) is 6.43. The van der Waals surface area contributed by atoms with Crippen LogP contribution in [0.25, 0.3) is 0 Å². The largest absolute Gasteiger partial charge is 0.381 e. The lowest BCUT2D eigenvalue weighted by Gasteiger charge is -2.23. The molecule has 0 bridgehead atoms. The quantitative estimate of drug-likeness (QED) is 0.886. The third-order valence-corrected chi connectivity index (χ3v) is 3.22. The number of carbonyl (C=O) groups excluding carboxylic acids is 1. The summed E-state index contributed by atoms with van der Waals surface area (Å²) in [5.74, 6) is 0.0262. The van der Waals surface area contributed by atoms with Gasteiger partial charge in [0.05, 0.1) is 0 Å². The van der Waals surface area contributed by atoms with Crippen LogP contribution in [0.2, 0.25) is 0 Å². The summed E-state index contributed by atoms with van der Waals surface area (Å²) in [5.41, 5.74) is 7.02. The van der Waals surface area contributed by atoms with Crippen LogP contribution < -0.4 is 11.1 Å². The molecule has 5 heteroatoms. The van der Waals surface area contributed by atoms with E-state index < -0.39 is 0 Å². The summed E-state index contributed by atoms with van der Waals surface area (Å²) in [6.45, 7) is 1.46. The summed E-state index contributed by atoms with van der Waals surface area (Å²) in [6, 6.07) is 9.73. The lowest BCUT2D eigenvalue weighted by molar-refractivity contribution is -0.122. The summed E-state index contributed by atoms with van der Waals surface area (Å²) in [4.78, 5) is 11.9. The highest BCUT2D eigenvalue weighted by Crippen LogP contribution is 2.14. The van der Waals surface area contributed by atoms with Gasteiger partial charge in [-0.1, -0.05) is 30.3 Å². The Bertz CT molecular complexity index is 380. The minimum Gasteiger partial charge on any atom is -0.381 e. The van der Waals surface area contributed by atoms with Crippen molar-refractivity contribution >= 4 is 18.3 Å². The fourth-order valence-corrected chi connectivity index (χ4v) is 2.15. The van der Waals surface area contributed by atoms with Crippen LogP contribution in [0.4, 0.5) is 0 Å². The highest BCUT2D eigenvalue weighted by Gasteiger charge is 2.18. The van der Waals surface area contributed by atoms with Gasteiger partial charge in [0.2, 0.25) is 5.91 Å². The molecule has 1 saturated heterocycles. The van der Waals surface area contributed by atoms with Gasteiger partial charge in [0.15, 0.2) is 0 Å². The van der Waals surface area contributed by atoms with Crippen LogP contribution >= 0.6 is 12.4 Å². The molecule has 106 valence electrons. The number of benzene rings is 1. The van der Waals surface area contributed by atoms with Crippen LogP contribution in [0.5, 0.6) is 0 Å². The molecule has 1 heterocycles. The van der Waals surface area contributed by atoms with E-state index in [0.717, 1.165) is 31.6 Å². The first-order chi connectivity index (χ1) is 8.75. The Labute approximate surface area is 120 Å². The van der Waals surface area contributed by atoms with E-state index in [1.165, 1.54) is 0 Å². The second-order valence-corrected chi connectivity index (χ2v) is 4.68. The Morgan fingerprint density at radius 2 is 1.95 bits per heavy atom. The van der Waals surface area contributed by atoms with Gasteiger partial charge >= 0.3 is 0 Å². The molecule has 1 aromatic rings. The number of hydrogen-bond acceptors (Lipinski definition) is 3. The molecule has 4 nitrogen and oxygen atoms in total. The van der Waals surface area contributed by atoms with Crippen molar-refractivity contribution in [3.63, 3.8) is 0 Å². The van der Waals surface area contributed by atoms with Crippen molar-refractivity contribution in [2.45, 2.75) is 31.3 Å². The topological polar surface area (TPSA) is 64.4 Å². The monoisotopic (exact) mass is 284 g/mol. The molecule has 1 aliphatic heterocycles. The van der Waals surface area contributed by atoms with E-state index in [1.54, 1.807) is 0 Å². The van der Waals surface area contributed by atoms with Crippen LogP contribution in [0.15, 0.2) is 30.3 Å². The molecule has 3 N–H and O–H groups in total. The zero-order valence-electron chi connectivity index (χ0n) is 10.9. The fourth-order valence-electron chi connectivity index (χ4n) is 2.15. The predicted octanol–water partition coefficient (Wildman–Crippen LogP) is 1.79. The average molecular weight is 285 g/mol. The van der Waals surface area contributed by atoms with Gasteiger partial charge in [0, 0.05) is 31.7 Å². The smallest absolute Gasteiger partial charge is 0.222 e. The van der Waals surface area contributed by atoms with Crippen molar-refractivity contribution in [1.82, 2.24) is 5.32 Å². The van der Waals surface area contributed by atoms with E-state index in [2.05, 4.69) is 5.32 Å². The van der Waals surface area contributed by atoms with Gasteiger partial charge < -0.3 is 15.8 Å². The highest BCUT2D eigenvalue weighted by molar-refractivity contribution is 5.85. The van der Waals surface area contributed by atoms with Gasteiger partial charge in [-0.25, -0.2) is 0 Å². The fraction of sp³-hybridized carbons (Fsp3) is 0.500. The van der Waals surface area contributed by atoms with Crippen molar-refractivity contribution in [2.24, 2.45) is 5.73 Å². The summed E-state index contributed by atoms with van der Waals surface area (Å²) in [6.07, 6.45) is 2.13. The Morgan fingerprint density at radius 3 is 2.58 bits per heavy atom. The normalized spacial score (nSPS) is 17.3. The zero-order chi connectivity index (χ0) is 12.8. The molecule has 2 rings (SSSR count). The van der Waals surface area contributed by atoms with Gasteiger partial charge in [-0.2, -0.15) is 0 Å². The van der Waals surface area contributed by atoms with Gasteiger partial charge in [0.1, 0.15) is 0 Å². The number of halogens is 1. The zero-order valence-corrected chi connectivity index (χ0v) is 11.7. The van der Waals surface area contributed by atoms with Crippen LogP contribution in [-0.4, -0.2) is 25.2 Å². The van der Waals surface area contributed by atoms with E-state index in [0.29, 0.717) is 6.42 Å². The lowest BCUT2D eigenvalue weighted by atomic mass is 10.0. The molecule has 0 saturated carbocycles. The molecular formula is C14H21ClN2O2. The maximum atomic E-state index is 11.9. The molecule has 0 aromatic heterocycles. The van der Waals surface area contributed by atoms with E-state index >= 15 is 0 Å². The van der Waals surface area contributed by atoms with Crippen LogP contribution in [0.3, 0.4) is 0 Å². The number of ether oxygens (including phenoxy) is 1. The van der Waals surface area contributed by atoms with Crippen LogP contribution in [-0.2, 0) is 9.53 Å². The van der Waals surface area contributed by atoms with Crippen molar-refractivity contribution in [2.75, 3.05) is 13.2 Å². The molecule has 1 aliphatic rings. The van der Waals surface area contributed by atoms with Crippen LogP contribution in [0, 0.1) is 0 Å². The van der Waals surface area contributed by atoms with Gasteiger partial charge in [0.25, 0.3) is 0 Å². The third kappa shape index (κ3) is 5.19. The second-order valence-electron chi connectivity index (χ2n) is 4.68. The second kappa shape index (κ2) is 8.15. The van der Waals surface area contributed by atoms with E-state index in [1.807, 2.05) is 30.3 Å². The third-order valence-electron chi connectivity index (χ3n) is 3.22. The summed E-state index contributed by atoms with van der Waals surface area (Å²) in [7, 11) is 0. The summed E-state index contributed by atoms with van der Waals surface area (Å²) < 4.78 is 5.26. The number of nitrogens with two attached hydrogens (primary N) is 1. The summed E-state index contributed by atoms with van der Waals surface area (Å²) >= 11 is 0. The van der Waals surface area contributed by atoms with Crippen molar-refractivity contribution < 1.29 is 9.53 Å². The Hall–Kier alpha value is -1.10. The van der Waals surface area contributed by atoms with Crippen molar-refractivity contribution in [3.05, 3.63) is 35.9 Å². The van der Waals surface area contributed by atoms with E-state index in [4.69, 9.17) is 10.5 Å². The molecule has 0 aliphatic carbocycles. The first-order valence-corrected chi connectivity index (χ1v) is 6.43. The Kier molecular flexibility index (Phi) is 6.84. The molecule has 1 amide bonds. The van der Waals surface area contributed by atoms with Crippen molar-refractivity contribution in [1.29, 1.82) is 0 Å². The molecule has 0 radical (unpaired) electrons. The standard InChI is InChI=1S/C14H20N2O2.ClH/c15-13(11-4-2-1-3-5-11)10-14(17)16-12-6-8-18-9-7-12;/h1-5,12-13H,6-10,15H2,(H,16,17);1H. The molecule has 19 heavy (non-hydrogen) atoms. The van der Waals surface area contributed by atoms with Gasteiger partial charge in [-0.05, 0) is 18.4 Å². The average Bonchev–Trinajstić information content (AvgIpc) is 2.40. The lowest BCUT2D eigenvalue weighted by Crippen LogP contribution is -2.39. The number of nitrogens with one attached hydrogen (secondary N) is 1. The molecule has 1 atom stereocenters.